The second-order valence-electron chi connectivity index (χ2n) is 15.3. The zero-order valence-electron chi connectivity index (χ0n) is 32.7. The molecule has 0 aromatic heterocycles. The average molecular weight is 818 g/mol. The van der Waals surface area contributed by atoms with Gasteiger partial charge in [0.1, 0.15) is 17.3 Å². The highest BCUT2D eigenvalue weighted by Crippen LogP contribution is 2.41. The van der Waals surface area contributed by atoms with E-state index in [2.05, 4.69) is 20.9 Å². The molecular weight excluding hydrogens is 772 g/mol. The van der Waals surface area contributed by atoms with Crippen LogP contribution in [0.5, 0.6) is 5.75 Å². The number of carbonyl (C=O) groups excluding carboxylic acids is 4. The number of amides is 4. The first-order valence-electron chi connectivity index (χ1n) is 19.3. The van der Waals surface area contributed by atoms with Gasteiger partial charge in [0.15, 0.2) is 5.11 Å². The fourth-order valence-corrected chi connectivity index (χ4v) is 8.20. The molecule has 0 aliphatic carbocycles. The number of nitrogens with one attached hydrogen (secondary N) is 3. The monoisotopic (exact) mass is 817 g/mol. The second-order valence-corrected chi connectivity index (χ2v) is 15.7. The van der Waals surface area contributed by atoms with E-state index in [0.29, 0.717) is 48.2 Å². The molecule has 3 N–H and O–H groups in total. The number of nitrogens with zero attached hydrogens (tertiary/aromatic N) is 4. The number of thiocarbonyl (C=S) groups is 1. The number of likely N-dealkylation sites (tertiary alicyclic amines) is 1. The van der Waals surface area contributed by atoms with Gasteiger partial charge in [-0.1, -0.05) is 13.0 Å². The van der Waals surface area contributed by atoms with Crippen molar-refractivity contribution in [3.63, 3.8) is 0 Å². The van der Waals surface area contributed by atoms with Crippen molar-refractivity contribution in [1.82, 2.24) is 10.2 Å². The van der Waals surface area contributed by atoms with Crippen molar-refractivity contribution in [3.8, 4) is 11.8 Å². The molecule has 2 atom stereocenters. The largest absolute Gasteiger partial charge is 0.493 e. The highest BCUT2D eigenvalue weighted by molar-refractivity contribution is 7.81. The second kappa shape index (κ2) is 17.1. The molecule has 3 aliphatic rings. The number of piperidine rings is 2. The smallest absolute Gasteiger partial charge is 0.417 e. The Kier molecular flexibility index (Phi) is 12.4. The molecule has 0 spiro atoms. The molecule has 0 radical (unpaired) electrons. The van der Waals surface area contributed by atoms with Crippen molar-refractivity contribution in [1.29, 1.82) is 5.26 Å². The van der Waals surface area contributed by atoms with Crippen LogP contribution in [-0.2, 0) is 31.8 Å². The molecule has 0 bridgehead atoms. The van der Waals surface area contributed by atoms with E-state index in [4.69, 9.17) is 17.0 Å². The minimum absolute atomic E-state index is 0.0234. The standard InChI is InChI=1S/C42H46F3N7O5S/c1-5-27-21-32(52-40(58)51(39(56)41(52,3)4)31-10-9-28(24-46)33(23-31)42(43,44)45)11-13-35(27)57-20-17-26-15-18-50(19-16-26)25(2)37(54)48-30-8-6-7-29(22-30)47-34-12-14-36(53)49-38(34)55/h6-11,13,21-23,25-26,34,47H,5,12,14-20H2,1-4H3,(H,48,54)(H,49,53,55). The predicted molar refractivity (Wildman–Crippen MR) is 217 cm³/mol. The summed E-state index contributed by atoms with van der Waals surface area (Å²) in [6, 6.07) is 16.5. The van der Waals surface area contributed by atoms with Gasteiger partial charge in [0.2, 0.25) is 17.7 Å². The Hall–Kier alpha value is -5.53. The van der Waals surface area contributed by atoms with E-state index in [1.54, 1.807) is 55.1 Å². The van der Waals surface area contributed by atoms with Gasteiger partial charge in [-0.15, -0.1) is 0 Å². The third-order valence-corrected chi connectivity index (χ3v) is 11.5. The highest BCUT2D eigenvalue weighted by Gasteiger charge is 2.51. The van der Waals surface area contributed by atoms with Crippen LogP contribution in [0.15, 0.2) is 60.7 Å². The molecule has 3 aromatic carbocycles. The van der Waals surface area contributed by atoms with Crippen LogP contribution in [0.2, 0.25) is 0 Å². The Morgan fingerprint density at radius 1 is 1.03 bits per heavy atom. The summed E-state index contributed by atoms with van der Waals surface area (Å²) in [5.41, 5.74) is -0.215. The molecule has 306 valence electrons. The van der Waals surface area contributed by atoms with Gasteiger partial charge in [-0.25, -0.2) is 0 Å². The number of aryl methyl sites for hydroxylation is 1. The summed E-state index contributed by atoms with van der Waals surface area (Å²) in [5.74, 6) is -0.174. The number of ether oxygens (including phenoxy) is 1. The number of anilines is 4. The Balaban J connectivity index is 1.01. The number of carbonyl (C=O) groups is 4. The number of benzene rings is 3. The lowest BCUT2D eigenvalue weighted by Gasteiger charge is -2.35. The first-order chi connectivity index (χ1) is 27.5. The van der Waals surface area contributed by atoms with E-state index in [9.17, 15) is 37.6 Å². The van der Waals surface area contributed by atoms with Gasteiger partial charge in [-0.3, -0.25) is 34.3 Å². The third-order valence-electron chi connectivity index (χ3n) is 11.1. The van der Waals surface area contributed by atoms with Crippen molar-refractivity contribution in [2.24, 2.45) is 5.92 Å². The lowest BCUT2D eigenvalue weighted by Crippen LogP contribution is -2.47. The van der Waals surface area contributed by atoms with E-state index in [1.807, 2.05) is 26.0 Å². The molecule has 3 saturated heterocycles. The summed E-state index contributed by atoms with van der Waals surface area (Å²) in [6.07, 6.45) is -0.879. The number of hydrogen-bond donors (Lipinski definition) is 3. The number of imide groups is 1. The minimum atomic E-state index is -4.79. The quantitative estimate of drug-likeness (QED) is 0.132. The minimum Gasteiger partial charge on any atom is -0.493 e. The molecule has 0 saturated carbocycles. The van der Waals surface area contributed by atoms with Gasteiger partial charge in [-0.05, 0) is 144 Å². The summed E-state index contributed by atoms with van der Waals surface area (Å²) < 4.78 is 47.6. The average Bonchev–Trinajstić information content (AvgIpc) is 3.37. The van der Waals surface area contributed by atoms with Crippen LogP contribution in [0.4, 0.5) is 35.9 Å². The molecule has 4 amide bonds. The lowest BCUT2D eigenvalue weighted by atomic mass is 9.93. The van der Waals surface area contributed by atoms with E-state index >= 15 is 0 Å². The molecule has 3 fully saturated rings. The SMILES string of the molecule is CCc1cc(N2C(=S)N(c3ccc(C#N)c(C(F)(F)F)c3)C(=O)C2(C)C)ccc1OCCC1CCN(C(C)C(=O)Nc2cccc(NC3CCC(=O)NC3=O)c2)CC1. The van der Waals surface area contributed by atoms with Crippen LogP contribution in [-0.4, -0.2) is 71.0 Å². The molecule has 16 heteroatoms. The van der Waals surface area contributed by atoms with Crippen LogP contribution in [0.1, 0.15) is 76.5 Å². The van der Waals surface area contributed by atoms with E-state index in [0.717, 1.165) is 54.9 Å². The zero-order valence-corrected chi connectivity index (χ0v) is 33.6. The fourth-order valence-electron chi connectivity index (χ4n) is 7.68. The van der Waals surface area contributed by atoms with Gasteiger partial charge in [0.25, 0.3) is 5.91 Å². The van der Waals surface area contributed by atoms with Crippen LogP contribution in [0.3, 0.4) is 0 Å². The van der Waals surface area contributed by atoms with E-state index < -0.39 is 34.8 Å². The lowest BCUT2D eigenvalue weighted by molar-refractivity contribution is -0.138. The van der Waals surface area contributed by atoms with Crippen LogP contribution >= 0.6 is 12.2 Å². The maximum absolute atomic E-state index is 13.8. The summed E-state index contributed by atoms with van der Waals surface area (Å²) in [7, 11) is 0. The molecule has 12 nitrogen and oxygen atoms in total. The summed E-state index contributed by atoms with van der Waals surface area (Å²) in [6.45, 7) is 9.19. The summed E-state index contributed by atoms with van der Waals surface area (Å²) in [4.78, 5) is 55.4. The number of hydrogen-bond acceptors (Lipinski definition) is 9. The Morgan fingerprint density at radius 2 is 1.74 bits per heavy atom. The van der Waals surface area contributed by atoms with Crippen LogP contribution < -0.4 is 30.5 Å². The molecule has 3 heterocycles. The highest BCUT2D eigenvalue weighted by atomic mass is 32.1. The summed E-state index contributed by atoms with van der Waals surface area (Å²) in [5, 5.41) is 17.7. The summed E-state index contributed by atoms with van der Waals surface area (Å²) >= 11 is 5.71. The molecular formula is C42H46F3N7O5S. The van der Waals surface area contributed by atoms with Crippen molar-refractivity contribution >= 4 is 63.7 Å². The molecule has 3 aromatic rings. The number of nitriles is 1. The van der Waals surface area contributed by atoms with Gasteiger partial charge >= 0.3 is 6.18 Å². The van der Waals surface area contributed by atoms with Crippen molar-refractivity contribution in [2.45, 2.75) is 90.0 Å². The third kappa shape index (κ3) is 8.95. The van der Waals surface area contributed by atoms with Crippen LogP contribution in [0, 0.1) is 17.2 Å². The first kappa shape index (κ1) is 42.1. The molecule has 6 rings (SSSR count). The maximum atomic E-state index is 13.8. The number of rotatable bonds is 12. The van der Waals surface area contributed by atoms with Gasteiger partial charge in [0.05, 0.1) is 35.5 Å². The normalized spacial score (nSPS) is 19.4. The van der Waals surface area contributed by atoms with E-state index in [-0.39, 0.29) is 41.0 Å². The van der Waals surface area contributed by atoms with Crippen molar-refractivity contribution < 1.29 is 37.1 Å². The Morgan fingerprint density at radius 3 is 2.41 bits per heavy atom. The first-order valence-corrected chi connectivity index (χ1v) is 19.7. The van der Waals surface area contributed by atoms with Gasteiger partial charge in [-0.2, -0.15) is 18.4 Å². The predicted octanol–water partition coefficient (Wildman–Crippen LogP) is 6.78. The fraction of sp³-hybridized carbons (Fsp3) is 0.429. The zero-order chi connectivity index (χ0) is 41.9. The van der Waals surface area contributed by atoms with Gasteiger partial charge < -0.3 is 20.3 Å². The van der Waals surface area contributed by atoms with Crippen LogP contribution in [0.25, 0.3) is 0 Å². The number of alkyl halides is 3. The molecule has 3 aliphatic heterocycles. The Bertz CT molecular complexity index is 2150. The van der Waals surface area contributed by atoms with Crippen molar-refractivity contribution in [3.05, 3.63) is 77.4 Å². The van der Waals surface area contributed by atoms with Gasteiger partial charge in [0, 0.05) is 23.5 Å². The van der Waals surface area contributed by atoms with E-state index in [1.165, 1.54) is 6.07 Å². The number of halogens is 3. The Labute approximate surface area is 340 Å². The topological polar surface area (TPSA) is 147 Å². The molecule has 2 unspecified atom stereocenters. The van der Waals surface area contributed by atoms with Crippen molar-refractivity contribution in [2.75, 3.05) is 40.1 Å². The maximum Gasteiger partial charge on any atom is 0.417 e. The molecule has 58 heavy (non-hydrogen) atoms.